The van der Waals surface area contributed by atoms with E-state index < -0.39 is 20.2 Å². The smallest absolute Gasteiger partial charge is 0.240 e. The molecule has 1 aromatic carbocycles. The van der Waals surface area contributed by atoms with Crippen molar-refractivity contribution in [1.82, 2.24) is 0 Å². The monoisotopic (exact) mass is 275 g/mol. The maximum atomic E-state index is 13.0. The minimum absolute atomic E-state index is 0.180. The van der Waals surface area contributed by atoms with Crippen LogP contribution in [0.15, 0.2) is 23.3 Å². The second-order valence-corrected chi connectivity index (χ2v) is 5.57. The van der Waals surface area contributed by atoms with E-state index in [1.807, 2.05) is 0 Å². The van der Waals surface area contributed by atoms with Crippen molar-refractivity contribution in [2.45, 2.75) is 0 Å². The van der Waals surface area contributed by atoms with Crippen LogP contribution in [-0.4, -0.2) is 19.2 Å². The highest BCUT2D eigenvalue weighted by Gasteiger charge is 2.09. The lowest BCUT2D eigenvalue weighted by molar-refractivity contribution is 0.613. The Morgan fingerprint density at radius 1 is 1.59 bits per heavy atom. The maximum Gasteiger partial charge on any atom is 0.240 e. The van der Waals surface area contributed by atoms with E-state index in [4.69, 9.17) is 16.9 Å². The molecule has 0 bridgehead atoms. The lowest BCUT2D eigenvalue weighted by atomic mass is 10.2. The van der Waals surface area contributed by atoms with Crippen molar-refractivity contribution in [2.24, 2.45) is 5.10 Å². The highest BCUT2D eigenvalue weighted by molar-refractivity contribution is 8.08. The number of hydrogen-bond acceptors (Lipinski definition) is 5. The number of nitriles is 1. The molecule has 0 aromatic heterocycles. The van der Waals surface area contributed by atoms with E-state index in [-0.39, 0.29) is 11.3 Å². The molecule has 0 amide bonds. The van der Waals surface area contributed by atoms with Crippen LogP contribution in [0.25, 0.3) is 0 Å². The number of hydrogen-bond donors (Lipinski definition) is 1. The SMILES string of the molecule is CS(=O)(=O)C(Cl)=NNc1ccc(F)c(C#N)c1. The average molecular weight is 276 g/mol. The van der Waals surface area contributed by atoms with Gasteiger partial charge in [0, 0.05) is 6.26 Å². The third-order valence-corrected chi connectivity index (χ3v) is 3.29. The lowest BCUT2D eigenvalue weighted by Crippen LogP contribution is -2.08. The predicted molar refractivity (Wildman–Crippen MR) is 62.9 cm³/mol. The van der Waals surface area contributed by atoms with Gasteiger partial charge in [-0.05, 0) is 29.8 Å². The van der Waals surface area contributed by atoms with E-state index in [0.29, 0.717) is 0 Å². The molecule has 1 rings (SSSR count). The molecule has 8 heteroatoms. The Morgan fingerprint density at radius 2 is 2.24 bits per heavy atom. The molecule has 0 aliphatic heterocycles. The average Bonchev–Trinajstić information content (AvgIpc) is 2.26. The highest BCUT2D eigenvalue weighted by atomic mass is 35.5. The van der Waals surface area contributed by atoms with Gasteiger partial charge in [-0.15, -0.1) is 0 Å². The number of rotatable bonds is 2. The summed E-state index contributed by atoms with van der Waals surface area (Å²) in [6.07, 6.45) is 0.895. The first-order valence-corrected chi connectivity index (χ1v) is 6.50. The van der Waals surface area contributed by atoms with Crippen LogP contribution in [0.2, 0.25) is 0 Å². The molecule has 0 atom stereocenters. The molecule has 0 spiro atoms. The van der Waals surface area contributed by atoms with E-state index >= 15 is 0 Å². The van der Waals surface area contributed by atoms with Gasteiger partial charge in [0.25, 0.3) is 0 Å². The second kappa shape index (κ2) is 5.12. The third kappa shape index (κ3) is 3.69. The fourth-order valence-corrected chi connectivity index (χ4v) is 1.13. The topological polar surface area (TPSA) is 82.3 Å². The van der Waals surface area contributed by atoms with E-state index in [1.165, 1.54) is 12.1 Å². The molecule has 0 unspecified atom stereocenters. The fraction of sp³-hybridized carbons (Fsp3) is 0.111. The zero-order chi connectivity index (χ0) is 13.1. The van der Waals surface area contributed by atoms with Crippen LogP contribution in [0, 0.1) is 17.1 Å². The molecule has 0 saturated heterocycles. The second-order valence-electron chi connectivity index (χ2n) is 3.06. The van der Waals surface area contributed by atoms with Crippen LogP contribution >= 0.6 is 11.6 Å². The summed E-state index contributed by atoms with van der Waals surface area (Å²) in [6.45, 7) is 0. The molecule has 0 saturated carbocycles. The molecular formula is C9H7ClFN3O2S. The van der Waals surface area contributed by atoms with Gasteiger partial charge < -0.3 is 0 Å². The Bertz CT molecular complexity index is 607. The molecule has 1 aromatic rings. The van der Waals surface area contributed by atoms with Crippen LogP contribution in [0.3, 0.4) is 0 Å². The molecule has 0 fully saturated rings. The number of anilines is 1. The first-order chi connectivity index (χ1) is 7.84. The van der Waals surface area contributed by atoms with Gasteiger partial charge in [-0.2, -0.15) is 10.4 Å². The Hall–Kier alpha value is -1.65. The van der Waals surface area contributed by atoms with Crippen LogP contribution in [0.1, 0.15) is 5.56 Å². The van der Waals surface area contributed by atoms with Gasteiger partial charge in [0.2, 0.25) is 14.3 Å². The third-order valence-electron chi connectivity index (χ3n) is 1.67. The van der Waals surface area contributed by atoms with Crippen molar-refractivity contribution in [3.8, 4) is 6.07 Å². The highest BCUT2D eigenvalue weighted by Crippen LogP contribution is 2.14. The van der Waals surface area contributed by atoms with Gasteiger partial charge in [-0.1, -0.05) is 0 Å². The summed E-state index contributed by atoms with van der Waals surface area (Å²) >= 11 is 5.37. The molecule has 17 heavy (non-hydrogen) atoms. The normalized spacial score (nSPS) is 12.0. The van der Waals surface area contributed by atoms with Crippen molar-refractivity contribution in [2.75, 3.05) is 11.7 Å². The van der Waals surface area contributed by atoms with E-state index in [0.717, 1.165) is 12.3 Å². The maximum absolute atomic E-state index is 13.0. The van der Waals surface area contributed by atoms with E-state index in [9.17, 15) is 12.8 Å². The Balaban J connectivity index is 2.96. The van der Waals surface area contributed by atoms with Crippen LogP contribution in [0.4, 0.5) is 10.1 Å². The summed E-state index contributed by atoms with van der Waals surface area (Å²) in [5.41, 5.74) is 2.39. The number of hydrazone groups is 1. The van der Waals surface area contributed by atoms with Crippen molar-refractivity contribution in [3.05, 3.63) is 29.6 Å². The van der Waals surface area contributed by atoms with E-state index in [1.54, 1.807) is 6.07 Å². The largest absolute Gasteiger partial charge is 0.276 e. The van der Waals surface area contributed by atoms with Gasteiger partial charge in [-0.3, -0.25) is 5.43 Å². The summed E-state index contributed by atoms with van der Waals surface area (Å²) in [4.78, 5) is 0. The molecule has 1 N–H and O–H groups in total. The van der Waals surface area contributed by atoms with Crippen LogP contribution < -0.4 is 5.43 Å². The number of nitrogens with zero attached hydrogens (tertiary/aromatic N) is 2. The minimum atomic E-state index is -3.58. The molecule has 0 aliphatic rings. The standard InChI is InChI=1S/C9H7ClFN3O2S/c1-17(15,16)9(10)14-13-7-2-3-8(11)6(4-7)5-12/h2-4,13H,1H3. The van der Waals surface area contributed by atoms with Gasteiger partial charge in [0.05, 0.1) is 11.3 Å². The number of sulfone groups is 1. The van der Waals surface area contributed by atoms with Gasteiger partial charge in [-0.25, -0.2) is 12.8 Å². The van der Waals surface area contributed by atoms with Gasteiger partial charge in [0.15, 0.2) is 0 Å². The Morgan fingerprint density at radius 3 is 2.76 bits per heavy atom. The summed E-state index contributed by atoms with van der Waals surface area (Å²) < 4.78 is 34.2. The molecule has 0 radical (unpaired) electrons. The van der Waals surface area contributed by atoms with Crippen molar-refractivity contribution < 1.29 is 12.8 Å². The molecule has 90 valence electrons. The van der Waals surface area contributed by atoms with Crippen LogP contribution in [-0.2, 0) is 9.84 Å². The Kier molecular flexibility index (Phi) is 4.04. The van der Waals surface area contributed by atoms with E-state index in [2.05, 4.69) is 10.5 Å². The molecule has 0 aliphatic carbocycles. The van der Waals surface area contributed by atoms with Gasteiger partial charge in [0.1, 0.15) is 11.9 Å². The molecule has 5 nitrogen and oxygen atoms in total. The number of halogens is 2. The van der Waals surface area contributed by atoms with Gasteiger partial charge >= 0.3 is 0 Å². The summed E-state index contributed by atoms with van der Waals surface area (Å²) in [5.74, 6) is -0.670. The number of benzene rings is 1. The van der Waals surface area contributed by atoms with Crippen LogP contribution in [0.5, 0.6) is 0 Å². The van der Waals surface area contributed by atoms with Crippen molar-refractivity contribution in [1.29, 1.82) is 5.26 Å². The first kappa shape index (κ1) is 13.4. The predicted octanol–water partition coefficient (Wildman–Crippen LogP) is 1.66. The zero-order valence-corrected chi connectivity index (χ0v) is 10.2. The summed E-state index contributed by atoms with van der Waals surface area (Å²) in [5, 5.41) is 12.0. The number of nitrogens with one attached hydrogen (secondary N) is 1. The minimum Gasteiger partial charge on any atom is -0.276 e. The Labute approximate surface area is 102 Å². The summed E-state index contributed by atoms with van der Waals surface area (Å²) in [7, 11) is -3.58. The van der Waals surface area contributed by atoms with Crippen molar-refractivity contribution >= 4 is 31.6 Å². The first-order valence-electron chi connectivity index (χ1n) is 4.23. The zero-order valence-electron chi connectivity index (χ0n) is 8.61. The lowest BCUT2D eigenvalue weighted by Gasteiger charge is -2.01. The fourth-order valence-electron chi connectivity index (χ4n) is 0.872. The summed E-state index contributed by atoms with van der Waals surface area (Å²) in [6, 6.07) is 5.18. The van der Waals surface area contributed by atoms with Crippen molar-refractivity contribution in [3.63, 3.8) is 0 Å². The molecule has 0 heterocycles. The quantitative estimate of drug-likeness (QED) is 0.505. The molecular weight excluding hydrogens is 269 g/mol.